The fraction of sp³-hybridized carbons (Fsp3) is 1.00. The number of rotatable bonds is 41. The molecule has 11 aliphatic rings. The van der Waals surface area contributed by atoms with Crippen LogP contribution in [0.1, 0.15) is 0 Å². The number of hydrogen-bond acceptors (Lipinski definition) is 56. The molecule has 11 aliphatic heterocycles. The van der Waals surface area contributed by atoms with Crippen molar-refractivity contribution in [3.8, 4) is 0 Å². The van der Waals surface area contributed by atoms with Crippen LogP contribution in [0.25, 0.3) is 0 Å². The van der Waals surface area contributed by atoms with Crippen LogP contribution in [0, 0.1) is 0 Å². The molecule has 11 rings (SSSR count). The number of aliphatic hydroxyl groups excluding tert-OH is 35. The first-order valence-electron chi connectivity index (χ1n) is 38.4. The summed E-state index contributed by atoms with van der Waals surface area (Å²) in [5.41, 5.74) is 0. The van der Waals surface area contributed by atoms with E-state index in [0.29, 0.717) is 0 Å². The third-order valence-electron chi connectivity index (χ3n) is 23.9. The van der Waals surface area contributed by atoms with Gasteiger partial charge in [0.1, 0.15) is 274 Å². The summed E-state index contributed by atoms with van der Waals surface area (Å²) >= 11 is 0. The lowest BCUT2D eigenvalue weighted by molar-refractivity contribution is -0.407. The molecule has 11 saturated heterocycles. The summed E-state index contributed by atoms with van der Waals surface area (Å²) in [6.07, 6.45) is -77.3. The summed E-state index contributed by atoms with van der Waals surface area (Å²) in [4.78, 5) is 0. The van der Waals surface area contributed by atoms with Gasteiger partial charge in [0.05, 0.1) is 72.7 Å². The molecule has 0 spiro atoms. The first kappa shape index (κ1) is 100. The predicted octanol–water partition coefficient (Wildman–Crippen LogP) is -25.0. The highest BCUT2D eigenvalue weighted by Crippen LogP contribution is 2.49. The number of aliphatic hydroxyl groups is 35. The highest BCUT2D eigenvalue weighted by molar-refractivity contribution is 5.10. The van der Waals surface area contributed by atoms with Crippen molar-refractivity contribution in [2.45, 2.75) is 272 Å². The number of hydrogen-bond donors (Lipinski definition) is 35. The van der Waals surface area contributed by atoms with Crippen molar-refractivity contribution < 1.29 is 278 Å². The van der Waals surface area contributed by atoms with E-state index >= 15 is 0 Å². The van der Waals surface area contributed by atoms with Gasteiger partial charge < -0.3 is 278 Å². The van der Waals surface area contributed by atoms with Crippen LogP contribution in [0.15, 0.2) is 0 Å². The molecule has 11 heterocycles. The Balaban J connectivity index is 0.893. The van der Waals surface area contributed by atoms with Gasteiger partial charge in [-0.25, -0.2) is 0 Å². The Morgan fingerprint density at radius 1 is 0.164 bits per heavy atom. The minimum absolute atomic E-state index is 0.976. The molecule has 0 amide bonds. The lowest BCUT2D eigenvalue weighted by atomic mass is 9.99. The minimum Gasteiger partial charge on any atom is -0.394 e. The lowest BCUT2D eigenvalue weighted by Gasteiger charge is -2.45. The van der Waals surface area contributed by atoms with Gasteiger partial charge in [0.2, 0.25) is 57.9 Å². The van der Waals surface area contributed by atoms with E-state index in [-0.39, 0.29) is 0 Å². The summed E-state index contributed by atoms with van der Waals surface area (Å²) in [5, 5.41) is 387. The van der Waals surface area contributed by atoms with Crippen molar-refractivity contribution in [3.63, 3.8) is 0 Å². The molecule has 0 aromatic carbocycles. The lowest BCUT2D eigenvalue weighted by Crippen LogP contribution is -2.64. The van der Waals surface area contributed by atoms with E-state index in [2.05, 4.69) is 0 Å². The third kappa shape index (κ3) is 17.7. The van der Waals surface area contributed by atoms with Crippen LogP contribution in [-0.4, -0.2) is 589 Å². The molecule has 0 bridgehead atoms. The quantitative estimate of drug-likeness (QED) is 0.0270. The Kier molecular flexibility index (Phi) is 32.3. The second kappa shape index (κ2) is 39.3. The van der Waals surface area contributed by atoms with E-state index in [1.165, 1.54) is 0 Å². The summed E-state index contributed by atoms with van der Waals surface area (Å²) < 4.78 is 123. The van der Waals surface area contributed by atoms with Crippen LogP contribution in [-0.2, 0) is 99.5 Å². The Morgan fingerprint density at radius 3 is 0.484 bits per heavy atom. The average Bonchev–Trinajstić information content (AvgIpc) is 1.59. The molecule has 45 atom stereocenters. The second-order valence-electron chi connectivity index (χ2n) is 31.4. The molecule has 0 aromatic heterocycles. The minimum atomic E-state index is -3.26. The Labute approximate surface area is 687 Å². The zero-order valence-electron chi connectivity index (χ0n) is 64.3. The van der Waals surface area contributed by atoms with Gasteiger partial charge in [-0.2, -0.15) is 0 Å². The molecule has 0 radical (unpaired) electrons. The second-order valence-corrected chi connectivity index (χ2v) is 31.4. The molecule has 0 aromatic rings. The van der Waals surface area contributed by atoms with Gasteiger partial charge in [-0.15, -0.1) is 0 Å². The molecule has 35 N–H and O–H groups in total. The van der Waals surface area contributed by atoms with Crippen LogP contribution in [0.3, 0.4) is 0 Å². The monoisotopic (exact) mass is 1800 g/mol. The van der Waals surface area contributed by atoms with E-state index in [9.17, 15) is 179 Å². The van der Waals surface area contributed by atoms with Gasteiger partial charge in [-0.05, 0) is 0 Å². The summed E-state index contributed by atoms with van der Waals surface area (Å²) in [5.74, 6) is -31.1. The Morgan fingerprint density at radius 2 is 0.311 bits per heavy atom. The van der Waals surface area contributed by atoms with Crippen LogP contribution in [0.2, 0.25) is 0 Å². The maximum atomic E-state index is 12.1. The van der Waals surface area contributed by atoms with Crippen molar-refractivity contribution in [2.75, 3.05) is 139 Å². The van der Waals surface area contributed by atoms with E-state index in [1.54, 1.807) is 0 Å². The maximum Gasteiger partial charge on any atom is 0.224 e. The van der Waals surface area contributed by atoms with Crippen molar-refractivity contribution >= 4 is 0 Å². The van der Waals surface area contributed by atoms with Crippen LogP contribution in [0.5, 0.6) is 0 Å². The van der Waals surface area contributed by atoms with Crippen molar-refractivity contribution in [1.82, 2.24) is 0 Å². The molecular formula is C66H112O56. The zero-order chi connectivity index (χ0) is 89.9. The van der Waals surface area contributed by atoms with E-state index < -0.39 is 410 Å². The summed E-state index contributed by atoms with van der Waals surface area (Å²) in [6.45, 7) is -28.1. The van der Waals surface area contributed by atoms with E-state index in [0.717, 1.165) is 0 Å². The molecule has 11 fully saturated rings. The van der Waals surface area contributed by atoms with Crippen LogP contribution in [0.4, 0.5) is 0 Å². The molecule has 0 saturated carbocycles. The topological polar surface area (TPSA) is 902 Å². The van der Waals surface area contributed by atoms with Gasteiger partial charge >= 0.3 is 0 Å². The van der Waals surface area contributed by atoms with E-state index in [1.807, 2.05) is 0 Å². The highest BCUT2D eigenvalue weighted by atomic mass is 16.9. The normalized spacial score (nSPS) is 52.8. The van der Waals surface area contributed by atoms with Crippen LogP contribution >= 0.6 is 0 Å². The average molecular weight is 1800 g/mol. The molecule has 0 aliphatic carbocycles. The van der Waals surface area contributed by atoms with Gasteiger partial charge in [0.25, 0.3) is 0 Å². The smallest absolute Gasteiger partial charge is 0.224 e. The third-order valence-corrected chi connectivity index (χ3v) is 23.9. The fourth-order valence-corrected chi connectivity index (χ4v) is 16.2. The Hall–Kier alpha value is -2.24. The molecule has 712 valence electrons. The molecular weight excluding hydrogens is 1690 g/mol. The molecule has 0 unspecified atom stereocenters. The molecule has 56 nitrogen and oxygen atoms in total. The molecule has 122 heavy (non-hydrogen) atoms. The predicted molar refractivity (Wildman–Crippen MR) is 363 cm³/mol. The van der Waals surface area contributed by atoms with Gasteiger partial charge in [0, 0.05) is 0 Å². The first-order chi connectivity index (χ1) is 57.6. The standard InChI is InChI=1S/C66H112O56/c67-1-22-33(79)44(90)45(91)56(111-22)122-66(55(101)43(89)32(11-77)121-66)21-110-65(54(100)42(88)31(10-76)120-65)20-109-64(53(99)41(87)30(9-75)119-64)19-108-63(52(98)40(86)29(8-74)118-63)18-107-62(51(97)39(85)28(7-73)117-62)17-106-61(50(96)38(84)27(6-72)116-61)16-105-60(49(95)37(83)26(5-71)115-60)15-104-59(48(94)36(82)25(4-70)114-59)14-103-58(47(93)35(81)24(3-69)113-58)13-102-57(12-78)46(92)34(80)23(2-68)112-57/h22-56,67-101H,1-21H2/t22-,23-,24-,25-,26-,27-,28-,29-,30-,31-,32-,33-,34-,35-,36-,37-,38-,39-,40-,41-,42-,43-,44+,45-,46+,47+,48+,49+,50+,51+,52+,53+,54+,55+,56-,57-,58-,59-,60-,61-,62-,63-,64-,65-,66+/m1/s1. The number of ether oxygens (including phenoxy) is 21. The van der Waals surface area contributed by atoms with Gasteiger partial charge in [-0.3, -0.25) is 0 Å². The summed E-state index contributed by atoms with van der Waals surface area (Å²) in [6, 6.07) is 0. The van der Waals surface area contributed by atoms with Gasteiger partial charge in [-0.1, -0.05) is 0 Å². The summed E-state index contributed by atoms with van der Waals surface area (Å²) in [7, 11) is 0. The van der Waals surface area contributed by atoms with Crippen molar-refractivity contribution in [2.24, 2.45) is 0 Å². The van der Waals surface area contributed by atoms with E-state index in [4.69, 9.17) is 99.5 Å². The maximum absolute atomic E-state index is 12.1. The largest absolute Gasteiger partial charge is 0.394 e. The first-order valence-corrected chi connectivity index (χ1v) is 38.4. The van der Waals surface area contributed by atoms with Crippen molar-refractivity contribution in [3.05, 3.63) is 0 Å². The molecule has 56 heteroatoms. The van der Waals surface area contributed by atoms with Crippen molar-refractivity contribution in [1.29, 1.82) is 0 Å². The SMILES string of the molecule is OC[C@H]1O[C@@](CO)(OC[C@@]2(OC[C@@]3(OC[C@@]4(OC[C@@]5(OC[C@@]6(OC[C@@]7(OC[C@@]8(OC[C@@]9(OC[C@@]%10(O[C@H]%11O[C@H](CO)[C@@H](O)[C@H](O)[C@H]%11O)O[C@H](CO)[C@@H](O)[C@@H]%10O)O[C@H](CO)[C@@H](O)[C@@H]9O)O[C@H](CO)[C@@H](O)[C@@H]8O)O[C@H](CO)[C@@H](O)[C@@H]7O)O[C@H](CO)[C@@H](O)[C@@H]6O)O[C@H](CO)[C@@H](O)[C@@H]5O)O[C@H](CO)[C@@H](O)[C@@H]4O)O[C@H](CO)[C@@H](O)[C@@H]3O)O[C@H](CO)[C@@H](O)[C@@H]2O)[C@@H](O)[C@@H]1O. The van der Waals surface area contributed by atoms with Crippen LogP contribution < -0.4 is 0 Å². The Bertz CT molecular complexity index is 3270. The highest BCUT2D eigenvalue weighted by Gasteiger charge is 2.71. The fourth-order valence-electron chi connectivity index (χ4n) is 16.2. The zero-order valence-corrected chi connectivity index (χ0v) is 64.3. The van der Waals surface area contributed by atoms with Gasteiger partial charge in [0.15, 0.2) is 6.29 Å².